The summed E-state index contributed by atoms with van der Waals surface area (Å²) in [5, 5.41) is 13.8. The lowest BCUT2D eigenvalue weighted by molar-refractivity contribution is -0.384. The van der Waals surface area contributed by atoms with Gasteiger partial charge in [0.1, 0.15) is 0 Å². The van der Waals surface area contributed by atoms with Crippen LogP contribution in [-0.2, 0) is 6.54 Å². The van der Waals surface area contributed by atoms with Crippen molar-refractivity contribution in [2.75, 3.05) is 5.32 Å². The third-order valence-electron chi connectivity index (χ3n) is 2.70. The van der Waals surface area contributed by atoms with Crippen LogP contribution in [0.5, 0.6) is 0 Å². The molecule has 0 aliphatic carbocycles. The zero-order chi connectivity index (χ0) is 13.7. The van der Waals surface area contributed by atoms with E-state index in [1.165, 1.54) is 18.2 Å². The predicted octanol–water partition coefficient (Wildman–Crippen LogP) is 3.02. The topological polar surface area (TPSA) is 72.2 Å². The van der Waals surface area contributed by atoms with Crippen LogP contribution in [0.2, 0.25) is 0 Å². The first-order valence-electron chi connectivity index (χ1n) is 5.72. The van der Waals surface area contributed by atoms with Crippen molar-refractivity contribution in [3.8, 4) is 0 Å². The lowest BCUT2D eigenvalue weighted by Gasteiger charge is -2.08. The Morgan fingerprint density at radius 2 is 1.89 bits per heavy atom. The number of non-ortho nitro benzene ring substituents is 1. The normalized spacial score (nSPS) is 9.89. The Bertz CT molecular complexity index is 597. The first-order chi connectivity index (χ1) is 9.20. The molecule has 5 heteroatoms. The maximum Gasteiger partial charge on any atom is 0.271 e. The van der Waals surface area contributed by atoms with Gasteiger partial charge in [0.25, 0.3) is 5.69 Å². The van der Waals surface area contributed by atoms with Crippen LogP contribution in [0, 0.1) is 10.1 Å². The molecule has 2 rings (SSSR count). The quantitative estimate of drug-likeness (QED) is 0.507. The van der Waals surface area contributed by atoms with Gasteiger partial charge in [0.05, 0.1) is 10.6 Å². The molecule has 2 aromatic carbocycles. The van der Waals surface area contributed by atoms with E-state index in [0.29, 0.717) is 24.1 Å². The lowest BCUT2D eigenvalue weighted by atomic mass is 10.1. The van der Waals surface area contributed by atoms with Crippen LogP contribution >= 0.6 is 0 Å². The second-order valence-electron chi connectivity index (χ2n) is 3.99. The van der Waals surface area contributed by atoms with Gasteiger partial charge in [0.15, 0.2) is 6.29 Å². The van der Waals surface area contributed by atoms with Crippen LogP contribution in [-0.4, -0.2) is 11.2 Å². The van der Waals surface area contributed by atoms with Crippen LogP contribution in [0.15, 0.2) is 48.5 Å². The van der Waals surface area contributed by atoms with Crippen LogP contribution in [0.3, 0.4) is 0 Å². The standard InChI is InChI=1S/C14H12N2O3/c17-10-12-6-7-13(16(18)19)8-14(12)15-9-11-4-2-1-3-5-11/h1-8,10,15H,9H2. The number of nitrogens with one attached hydrogen (secondary N) is 1. The Balaban J connectivity index is 2.20. The summed E-state index contributed by atoms with van der Waals surface area (Å²) >= 11 is 0. The third kappa shape index (κ3) is 3.16. The molecule has 0 saturated carbocycles. The molecule has 2 aromatic rings. The number of aldehydes is 1. The minimum atomic E-state index is -0.484. The summed E-state index contributed by atoms with van der Waals surface area (Å²) in [6, 6.07) is 13.7. The zero-order valence-electron chi connectivity index (χ0n) is 10.1. The third-order valence-corrected chi connectivity index (χ3v) is 2.70. The van der Waals surface area contributed by atoms with Gasteiger partial charge in [-0.15, -0.1) is 0 Å². The fourth-order valence-corrected chi connectivity index (χ4v) is 1.71. The molecule has 0 bridgehead atoms. The van der Waals surface area contributed by atoms with Gasteiger partial charge in [0.2, 0.25) is 0 Å². The van der Waals surface area contributed by atoms with Crippen molar-refractivity contribution in [2.24, 2.45) is 0 Å². The summed E-state index contributed by atoms with van der Waals surface area (Å²) in [7, 11) is 0. The van der Waals surface area contributed by atoms with E-state index < -0.39 is 4.92 Å². The molecule has 0 amide bonds. The number of rotatable bonds is 5. The first kappa shape index (κ1) is 12.8. The summed E-state index contributed by atoms with van der Waals surface area (Å²) in [5.41, 5.74) is 1.86. The van der Waals surface area contributed by atoms with E-state index in [9.17, 15) is 14.9 Å². The van der Waals surface area contributed by atoms with Crippen molar-refractivity contribution in [2.45, 2.75) is 6.54 Å². The second kappa shape index (κ2) is 5.77. The van der Waals surface area contributed by atoms with Crippen molar-refractivity contribution in [1.82, 2.24) is 0 Å². The van der Waals surface area contributed by atoms with Crippen LogP contribution < -0.4 is 5.32 Å². The van der Waals surface area contributed by atoms with Crippen molar-refractivity contribution >= 4 is 17.7 Å². The van der Waals surface area contributed by atoms with Gasteiger partial charge in [-0.05, 0) is 11.6 Å². The first-order valence-corrected chi connectivity index (χ1v) is 5.72. The molecule has 0 spiro atoms. The molecular weight excluding hydrogens is 244 g/mol. The summed E-state index contributed by atoms with van der Waals surface area (Å²) in [5.74, 6) is 0. The Kier molecular flexibility index (Phi) is 3.87. The maximum atomic E-state index is 10.9. The molecule has 0 aliphatic rings. The minimum Gasteiger partial charge on any atom is -0.380 e. The minimum absolute atomic E-state index is 0.0406. The molecule has 0 aliphatic heterocycles. The largest absolute Gasteiger partial charge is 0.380 e. The molecule has 0 saturated heterocycles. The van der Waals surface area contributed by atoms with E-state index in [0.717, 1.165) is 5.56 Å². The number of nitro benzene ring substituents is 1. The van der Waals surface area contributed by atoms with Crippen LogP contribution in [0.4, 0.5) is 11.4 Å². The molecule has 0 atom stereocenters. The molecule has 0 aromatic heterocycles. The van der Waals surface area contributed by atoms with Crippen molar-refractivity contribution in [3.05, 3.63) is 69.8 Å². The van der Waals surface area contributed by atoms with Crippen molar-refractivity contribution in [3.63, 3.8) is 0 Å². The Labute approximate surface area is 110 Å². The number of nitrogens with zero attached hydrogens (tertiary/aromatic N) is 1. The van der Waals surface area contributed by atoms with Gasteiger partial charge in [0, 0.05) is 24.2 Å². The fraction of sp³-hybridized carbons (Fsp3) is 0.0714. The van der Waals surface area contributed by atoms with Gasteiger partial charge in [-0.3, -0.25) is 14.9 Å². The summed E-state index contributed by atoms with van der Waals surface area (Å²) in [6.07, 6.45) is 0.678. The van der Waals surface area contributed by atoms with Gasteiger partial charge >= 0.3 is 0 Å². The van der Waals surface area contributed by atoms with Gasteiger partial charge in [-0.25, -0.2) is 0 Å². The van der Waals surface area contributed by atoms with E-state index in [1.807, 2.05) is 30.3 Å². The van der Waals surface area contributed by atoms with Gasteiger partial charge < -0.3 is 5.32 Å². The SMILES string of the molecule is O=Cc1ccc([N+](=O)[O-])cc1NCc1ccccc1. The van der Waals surface area contributed by atoms with Crippen molar-refractivity contribution in [1.29, 1.82) is 0 Å². The van der Waals surface area contributed by atoms with Gasteiger partial charge in [-0.1, -0.05) is 30.3 Å². The summed E-state index contributed by atoms with van der Waals surface area (Å²) in [4.78, 5) is 21.1. The zero-order valence-corrected chi connectivity index (χ0v) is 10.1. The Hall–Kier alpha value is -2.69. The highest BCUT2D eigenvalue weighted by molar-refractivity contribution is 5.85. The van der Waals surface area contributed by atoms with Crippen LogP contribution in [0.25, 0.3) is 0 Å². The molecule has 0 unspecified atom stereocenters. The fourth-order valence-electron chi connectivity index (χ4n) is 1.71. The van der Waals surface area contributed by atoms with E-state index in [-0.39, 0.29) is 5.69 Å². The molecule has 19 heavy (non-hydrogen) atoms. The molecule has 96 valence electrons. The average Bonchev–Trinajstić information content (AvgIpc) is 2.45. The number of hydrogen-bond donors (Lipinski definition) is 1. The van der Waals surface area contributed by atoms with Crippen LogP contribution in [0.1, 0.15) is 15.9 Å². The number of anilines is 1. The van der Waals surface area contributed by atoms with Gasteiger partial charge in [-0.2, -0.15) is 0 Å². The van der Waals surface area contributed by atoms with E-state index >= 15 is 0 Å². The molecule has 0 heterocycles. The van der Waals surface area contributed by atoms with E-state index in [1.54, 1.807) is 0 Å². The highest BCUT2D eigenvalue weighted by Gasteiger charge is 2.10. The monoisotopic (exact) mass is 256 g/mol. The molecule has 0 radical (unpaired) electrons. The molecular formula is C14H12N2O3. The van der Waals surface area contributed by atoms with E-state index in [2.05, 4.69) is 5.32 Å². The average molecular weight is 256 g/mol. The lowest BCUT2D eigenvalue weighted by Crippen LogP contribution is -2.03. The molecule has 5 nitrogen and oxygen atoms in total. The summed E-state index contributed by atoms with van der Waals surface area (Å²) in [6.45, 7) is 0.503. The smallest absolute Gasteiger partial charge is 0.271 e. The van der Waals surface area contributed by atoms with Crippen molar-refractivity contribution < 1.29 is 9.72 Å². The highest BCUT2D eigenvalue weighted by atomic mass is 16.6. The number of benzene rings is 2. The Morgan fingerprint density at radius 1 is 1.16 bits per heavy atom. The van der Waals surface area contributed by atoms with E-state index in [4.69, 9.17) is 0 Å². The highest BCUT2D eigenvalue weighted by Crippen LogP contribution is 2.22. The summed E-state index contributed by atoms with van der Waals surface area (Å²) < 4.78 is 0. The molecule has 1 N–H and O–H groups in total. The predicted molar refractivity (Wildman–Crippen MR) is 72.3 cm³/mol. The number of carbonyl (C=O) groups excluding carboxylic acids is 1. The number of carbonyl (C=O) groups is 1. The maximum absolute atomic E-state index is 10.9. The number of nitro groups is 1. The molecule has 0 fully saturated rings. The second-order valence-corrected chi connectivity index (χ2v) is 3.99. The number of hydrogen-bond acceptors (Lipinski definition) is 4. The Morgan fingerprint density at radius 3 is 2.53 bits per heavy atom.